The van der Waals surface area contributed by atoms with Crippen molar-refractivity contribution in [3.05, 3.63) is 34.4 Å². The van der Waals surface area contributed by atoms with Crippen LogP contribution >= 0.6 is 0 Å². The van der Waals surface area contributed by atoms with E-state index in [1.807, 2.05) is 0 Å². The summed E-state index contributed by atoms with van der Waals surface area (Å²) in [5.74, 6) is 0. The van der Waals surface area contributed by atoms with Gasteiger partial charge in [0.05, 0.1) is 0 Å². The molecule has 0 aliphatic carbocycles. The van der Waals surface area contributed by atoms with Crippen molar-refractivity contribution in [2.24, 2.45) is 0 Å². The second-order valence-corrected chi connectivity index (χ2v) is 3.32. The lowest BCUT2D eigenvalue weighted by molar-refractivity contribution is 0.763. The zero-order valence-electron chi connectivity index (χ0n) is 7.07. The summed E-state index contributed by atoms with van der Waals surface area (Å²) < 4.78 is 0. The van der Waals surface area contributed by atoms with Crippen molar-refractivity contribution in [1.82, 2.24) is 5.32 Å². The Hall–Kier alpha value is -0.820. The first-order valence-electron chi connectivity index (χ1n) is 4.07. The van der Waals surface area contributed by atoms with E-state index in [0.717, 1.165) is 13.1 Å². The molecular weight excluding hydrogens is 134 g/mol. The molecule has 0 radical (unpaired) electrons. The second kappa shape index (κ2) is 2.35. The molecule has 11 heavy (non-hydrogen) atoms. The highest BCUT2D eigenvalue weighted by Crippen LogP contribution is 2.20. The van der Waals surface area contributed by atoms with Crippen molar-refractivity contribution in [2.75, 3.05) is 0 Å². The number of benzene rings is 1. The fraction of sp³-hybridized carbons (Fsp3) is 0.400. The van der Waals surface area contributed by atoms with E-state index in [1.165, 1.54) is 22.3 Å². The minimum Gasteiger partial charge on any atom is -0.309 e. The van der Waals surface area contributed by atoms with Gasteiger partial charge in [0.2, 0.25) is 0 Å². The molecule has 0 bridgehead atoms. The molecule has 1 heterocycles. The molecule has 2 rings (SSSR count). The first kappa shape index (κ1) is 6.86. The SMILES string of the molecule is Cc1cc(C)c2c(c1)CNC2. The maximum atomic E-state index is 3.36. The van der Waals surface area contributed by atoms with E-state index < -0.39 is 0 Å². The van der Waals surface area contributed by atoms with E-state index in [1.54, 1.807) is 0 Å². The summed E-state index contributed by atoms with van der Waals surface area (Å²) in [5.41, 5.74) is 5.81. The minimum atomic E-state index is 1.05. The van der Waals surface area contributed by atoms with Crippen LogP contribution < -0.4 is 5.32 Å². The van der Waals surface area contributed by atoms with E-state index in [2.05, 4.69) is 31.3 Å². The molecule has 58 valence electrons. The quantitative estimate of drug-likeness (QED) is 0.591. The summed E-state index contributed by atoms with van der Waals surface area (Å²) in [6.07, 6.45) is 0. The fourth-order valence-corrected chi connectivity index (χ4v) is 1.82. The average molecular weight is 147 g/mol. The molecule has 1 N–H and O–H groups in total. The molecule has 0 saturated carbocycles. The highest BCUT2D eigenvalue weighted by atomic mass is 14.9. The van der Waals surface area contributed by atoms with Crippen LogP contribution in [0.2, 0.25) is 0 Å². The Morgan fingerprint density at radius 3 is 2.82 bits per heavy atom. The van der Waals surface area contributed by atoms with Crippen LogP contribution in [0.25, 0.3) is 0 Å². The molecule has 0 spiro atoms. The molecule has 1 nitrogen and oxygen atoms in total. The molecule has 0 unspecified atom stereocenters. The van der Waals surface area contributed by atoms with Crippen LogP contribution in [0.4, 0.5) is 0 Å². The van der Waals surface area contributed by atoms with Gasteiger partial charge in [-0.05, 0) is 30.5 Å². The summed E-state index contributed by atoms with van der Waals surface area (Å²) in [5, 5.41) is 3.36. The lowest BCUT2D eigenvalue weighted by Crippen LogP contribution is -2.00. The van der Waals surface area contributed by atoms with Gasteiger partial charge in [0.15, 0.2) is 0 Å². The Morgan fingerprint density at radius 2 is 2.00 bits per heavy atom. The zero-order valence-corrected chi connectivity index (χ0v) is 7.07. The lowest BCUT2D eigenvalue weighted by Gasteiger charge is -2.03. The van der Waals surface area contributed by atoms with Gasteiger partial charge in [0.1, 0.15) is 0 Å². The number of aryl methyl sites for hydroxylation is 2. The smallest absolute Gasteiger partial charge is 0.0214 e. The molecule has 0 saturated heterocycles. The van der Waals surface area contributed by atoms with Crippen molar-refractivity contribution in [2.45, 2.75) is 26.9 Å². The number of hydrogen-bond donors (Lipinski definition) is 1. The van der Waals surface area contributed by atoms with Gasteiger partial charge in [-0.1, -0.05) is 17.7 Å². The third kappa shape index (κ3) is 1.05. The average Bonchev–Trinajstić information content (AvgIpc) is 2.34. The van der Waals surface area contributed by atoms with E-state index in [-0.39, 0.29) is 0 Å². The Bertz CT molecular complexity index is 289. The summed E-state index contributed by atoms with van der Waals surface area (Å²) >= 11 is 0. The molecule has 1 aliphatic heterocycles. The van der Waals surface area contributed by atoms with Crippen molar-refractivity contribution in [3.63, 3.8) is 0 Å². The maximum absolute atomic E-state index is 3.36. The van der Waals surface area contributed by atoms with Gasteiger partial charge in [-0.25, -0.2) is 0 Å². The molecule has 0 fully saturated rings. The van der Waals surface area contributed by atoms with Crippen LogP contribution in [-0.2, 0) is 13.1 Å². The summed E-state index contributed by atoms with van der Waals surface area (Å²) in [6.45, 7) is 6.46. The van der Waals surface area contributed by atoms with E-state index in [4.69, 9.17) is 0 Å². The van der Waals surface area contributed by atoms with Crippen molar-refractivity contribution >= 4 is 0 Å². The Morgan fingerprint density at radius 1 is 1.18 bits per heavy atom. The van der Waals surface area contributed by atoms with Crippen molar-refractivity contribution in [3.8, 4) is 0 Å². The highest BCUT2D eigenvalue weighted by molar-refractivity contribution is 5.40. The van der Waals surface area contributed by atoms with Gasteiger partial charge in [0.25, 0.3) is 0 Å². The number of fused-ring (bicyclic) bond motifs is 1. The van der Waals surface area contributed by atoms with E-state index in [9.17, 15) is 0 Å². The molecule has 1 aromatic carbocycles. The molecule has 1 aromatic rings. The predicted molar refractivity (Wildman–Crippen MR) is 46.5 cm³/mol. The Kier molecular flexibility index (Phi) is 1.46. The first-order chi connectivity index (χ1) is 5.27. The standard InChI is InChI=1S/C10H13N/c1-7-3-8(2)10-6-11-5-9(10)4-7/h3-4,11H,5-6H2,1-2H3. The van der Waals surface area contributed by atoms with Gasteiger partial charge >= 0.3 is 0 Å². The second-order valence-electron chi connectivity index (χ2n) is 3.32. The van der Waals surface area contributed by atoms with Gasteiger partial charge in [-0.15, -0.1) is 0 Å². The van der Waals surface area contributed by atoms with E-state index in [0.29, 0.717) is 0 Å². The molecule has 0 atom stereocenters. The summed E-state index contributed by atoms with van der Waals surface area (Å²) in [6, 6.07) is 4.54. The molecule has 1 aliphatic rings. The fourth-order valence-electron chi connectivity index (χ4n) is 1.82. The topological polar surface area (TPSA) is 12.0 Å². The number of nitrogens with one attached hydrogen (secondary N) is 1. The van der Waals surface area contributed by atoms with Crippen LogP contribution in [0.5, 0.6) is 0 Å². The van der Waals surface area contributed by atoms with Crippen molar-refractivity contribution in [1.29, 1.82) is 0 Å². The third-order valence-electron chi connectivity index (χ3n) is 2.33. The van der Waals surface area contributed by atoms with Crippen LogP contribution in [0.15, 0.2) is 12.1 Å². The summed E-state index contributed by atoms with van der Waals surface area (Å²) in [7, 11) is 0. The largest absolute Gasteiger partial charge is 0.309 e. The number of rotatable bonds is 0. The monoisotopic (exact) mass is 147 g/mol. The van der Waals surface area contributed by atoms with Gasteiger partial charge in [-0.3, -0.25) is 0 Å². The van der Waals surface area contributed by atoms with Crippen LogP contribution in [0.3, 0.4) is 0 Å². The van der Waals surface area contributed by atoms with E-state index >= 15 is 0 Å². The molecule has 0 amide bonds. The highest BCUT2D eigenvalue weighted by Gasteiger charge is 2.11. The van der Waals surface area contributed by atoms with Gasteiger partial charge in [0, 0.05) is 13.1 Å². The normalized spacial score (nSPS) is 15.1. The third-order valence-corrected chi connectivity index (χ3v) is 2.33. The minimum absolute atomic E-state index is 1.05. The summed E-state index contributed by atoms with van der Waals surface area (Å²) in [4.78, 5) is 0. The molecule has 0 aromatic heterocycles. The number of hydrogen-bond acceptors (Lipinski definition) is 1. The lowest BCUT2D eigenvalue weighted by atomic mass is 10.0. The molecule has 1 heteroatoms. The zero-order chi connectivity index (χ0) is 7.84. The predicted octanol–water partition coefficient (Wildman–Crippen LogP) is 1.91. The van der Waals surface area contributed by atoms with Crippen molar-refractivity contribution < 1.29 is 0 Å². The first-order valence-corrected chi connectivity index (χ1v) is 4.07. The van der Waals surface area contributed by atoms with Crippen LogP contribution in [0, 0.1) is 13.8 Å². The maximum Gasteiger partial charge on any atom is 0.0214 e. The Balaban J connectivity index is 2.60. The Labute approximate surface area is 67.4 Å². The van der Waals surface area contributed by atoms with Crippen LogP contribution in [0.1, 0.15) is 22.3 Å². The van der Waals surface area contributed by atoms with Crippen LogP contribution in [-0.4, -0.2) is 0 Å². The molecular formula is C10H13N. The van der Waals surface area contributed by atoms with Gasteiger partial charge in [-0.2, -0.15) is 0 Å². The van der Waals surface area contributed by atoms with Gasteiger partial charge < -0.3 is 5.32 Å².